The van der Waals surface area contributed by atoms with Crippen molar-refractivity contribution >= 4 is 11.7 Å². The van der Waals surface area contributed by atoms with Gasteiger partial charge in [0, 0.05) is 17.8 Å². The van der Waals surface area contributed by atoms with E-state index in [9.17, 15) is 9.18 Å². The second-order valence-corrected chi connectivity index (χ2v) is 6.73. The second kappa shape index (κ2) is 9.28. The monoisotopic (exact) mass is 408 g/mol. The van der Waals surface area contributed by atoms with Crippen LogP contribution in [-0.2, 0) is 17.8 Å². The summed E-state index contributed by atoms with van der Waals surface area (Å²) in [5.41, 5.74) is 2.02. The van der Waals surface area contributed by atoms with Gasteiger partial charge in [0.2, 0.25) is 0 Å². The minimum absolute atomic E-state index is 0.142. The molecular formula is C23H21FN2O4. The Hall–Kier alpha value is -3.58. The van der Waals surface area contributed by atoms with Crippen LogP contribution in [0, 0.1) is 5.82 Å². The van der Waals surface area contributed by atoms with E-state index in [1.54, 1.807) is 24.3 Å². The van der Waals surface area contributed by atoms with Crippen molar-refractivity contribution in [3.05, 3.63) is 83.7 Å². The van der Waals surface area contributed by atoms with Gasteiger partial charge in [-0.1, -0.05) is 18.2 Å². The highest BCUT2D eigenvalue weighted by Crippen LogP contribution is 2.29. The van der Waals surface area contributed by atoms with Crippen molar-refractivity contribution in [2.45, 2.75) is 13.0 Å². The van der Waals surface area contributed by atoms with E-state index in [1.165, 1.54) is 12.1 Å². The number of anilines is 1. The minimum atomic E-state index is -0.347. The average molecular weight is 408 g/mol. The Morgan fingerprint density at radius 3 is 2.60 bits per heavy atom. The van der Waals surface area contributed by atoms with E-state index in [0.717, 1.165) is 5.75 Å². The van der Waals surface area contributed by atoms with Crippen LogP contribution in [0.1, 0.15) is 11.1 Å². The predicted molar refractivity (Wildman–Crippen MR) is 110 cm³/mol. The van der Waals surface area contributed by atoms with E-state index in [4.69, 9.17) is 14.2 Å². The van der Waals surface area contributed by atoms with Gasteiger partial charge in [0.05, 0.1) is 6.61 Å². The number of carbonyl (C=O) groups excluding carboxylic acids is 1. The van der Waals surface area contributed by atoms with Crippen molar-refractivity contribution in [2.24, 2.45) is 0 Å². The smallest absolute Gasteiger partial charge is 0.319 e. The molecule has 0 unspecified atom stereocenters. The number of rotatable bonds is 6. The summed E-state index contributed by atoms with van der Waals surface area (Å²) in [6, 6.07) is 19.0. The van der Waals surface area contributed by atoms with Crippen molar-refractivity contribution in [3.8, 4) is 17.2 Å². The summed E-state index contributed by atoms with van der Waals surface area (Å²) in [6.45, 7) is 0.794. The fourth-order valence-electron chi connectivity index (χ4n) is 3.16. The summed E-state index contributed by atoms with van der Waals surface area (Å²) in [7, 11) is 0. The van der Waals surface area contributed by atoms with Gasteiger partial charge < -0.3 is 24.8 Å². The van der Waals surface area contributed by atoms with Crippen LogP contribution in [0.15, 0.2) is 66.7 Å². The number of halogens is 1. The first-order chi connectivity index (χ1) is 14.7. The zero-order chi connectivity index (χ0) is 20.8. The molecule has 3 aromatic carbocycles. The molecule has 7 heteroatoms. The molecule has 0 atom stereocenters. The second-order valence-electron chi connectivity index (χ2n) is 6.73. The van der Waals surface area contributed by atoms with Crippen LogP contribution in [0.5, 0.6) is 17.2 Å². The number of amides is 2. The molecule has 1 aliphatic rings. The summed E-state index contributed by atoms with van der Waals surface area (Å²) < 4.78 is 30.2. The molecule has 2 amide bonds. The number of fused-ring (bicyclic) bond motifs is 1. The molecule has 0 saturated heterocycles. The third kappa shape index (κ3) is 5.07. The van der Waals surface area contributed by atoms with E-state index in [2.05, 4.69) is 10.6 Å². The molecule has 1 heterocycles. The zero-order valence-corrected chi connectivity index (χ0v) is 16.2. The molecule has 0 bridgehead atoms. The Bertz CT molecular complexity index is 1010. The SMILES string of the molecule is O=C(NCCc1cc(F)cc2c1OCOC2)Nc1ccc(Oc2ccccc2)cc1. The molecule has 2 N–H and O–H groups in total. The lowest BCUT2D eigenvalue weighted by Crippen LogP contribution is -2.30. The van der Waals surface area contributed by atoms with Crippen LogP contribution in [0.3, 0.4) is 0 Å². The number of urea groups is 1. The number of para-hydroxylation sites is 1. The van der Waals surface area contributed by atoms with Crippen molar-refractivity contribution in [3.63, 3.8) is 0 Å². The highest BCUT2D eigenvalue weighted by atomic mass is 19.1. The van der Waals surface area contributed by atoms with Crippen molar-refractivity contribution < 1.29 is 23.4 Å². The first-order valence-electron chi connectivity index (χ1n) is 9.57. The Morgan fingerprint density at radius 2 is 1.80 bits per heavy atom. The molecule has 0 spiro atoms. The lowest BCUT2D eigenvalue weighted by molar-refractivity contribution is -0.0172. The van der Waals surface area contributed by atoms with Gasteiger partial charge in [0.15, 0.2) is 6.79 Å². The maximum absolute atomic E-state index is 13.8. The van der Waals surface area contributed by atoms with Crippen LogP contribution < -0.4 is 20.1 Å². The fourth-order valence-corrected chi connectivity index (χ4v) is 3.16. The third-order valence-electron chi connectivity index (χ3n) is 4.52. The standard InChI is InChI=1S/C23H21FN2O4/c24-18-12-16(22-17(13-18)14-28-15-29-22)10-11-25-23(27)26-19-6-8-21(9-7-19)30-20-4-2-1-3-5-20/h1-9,12-13H,10-11,14-15H2,(H2,25,26,27). The summed E-state index contributed by atoms with van der Waals surface area (Å²) in [5, 5.41) is 5.53. The van der Waals surface area contributed by atoms with Gasteiger partial charge >= 0.3 is 6.03 Å². The Morgan fingerprint density at radius 1 is 1.03 bits per heavy atom. The van der Waals surface area contributed by atoms with Gasteiger partial charge in [-0.25, -0.2) is 9.18 Å². The third-order valence-corrected chi connectivity index (χ3v) is 4.52. The minimum Gasteiger partial charge on any atom is -0.467 e. The Labute approximate surface area is 173 Å². The Kier molecular flexibility index (Phi) is 6.10. The predicted octanol–water partition coefficient (Wildman–Crippen LogP) is 4.85. The highest BCUT2D eigenvalue weighted by molar-refractivity contribution is 5.89. The first kappa shape index (κ1) is 19.7. The topological polar surface area (TPSA) is 68.8 Å². The number of hydrogen-bond acceptors (Lipinski definition) is 4. The molecule has 3 aromatic rings. The van der Waals surface area contributed by atoms with E-state index in [-0.39, 0.29) is 18.6 Å². The molecule has 0 aliphatic carbocycles. The maximum Gasteiger partial charge on any atom is 0.319 e. The molecule has 0 saturated carbocycles. The van der Waals surface area contributed by atoms with Crippen LogP contribution in [0.4, 0.5) is 14.9 Å². The number of hydrogen-bond donors (Lipinski definition) is 2. The van der Waals surface area contributed by atoms with Crippen molar-refractivity contribution in [1.29, 1.82) is 0 Å². The molecule has 30 heavy (non-hydrogen) atoms. The molecule has 154 valence electrons. The number of nitrogens with one attached hydrogen (secondary N) is 2. The molecule has 0 fully saturated rings. The number of benzene rings is 3. The molecule has 1 aliphatic heterocycles. The molecule has 0 aromatic heterocycles. The Balaban J connectivity index is 1.28. The van der Waals surface area contributed by atoms with E-state index >= 15 is 0 Å². The van der Waals surface area contributed by atoms with E-state index in [1.807, 2.05) is 30.3 Å². The zero-order valence-electron chi connectivity index (χ0n) is 16.2. The molecule has 0 radical (unpaired) electrons. The number of carbonyl (C=O) groups is 1. The number of ether oxygens (including phenoxy) is 3. The van der Waals surface area contributed by atoms with Crippen LogP contribution in [0.2, 0.25) is 0 Å². The van der Waals surface area contributed by atoms with E-state index in [0.29, 0.717) is 47.9 Å². The van der Waals surface area contributed by atoms with Crippen molar-refractivity contribution in [1.82, 2.24) is 5.32 Å². The summed E-state index contributed by atoms with van der Waals surface area (Å²) in [4.78, 5) is 12.2. The van der Waals surface area contributed by atoms with Gasteiger partial charge in [-0.3, -0.25) is 0 Å². The fraction of sp³-hybridized carbons (Fsp3) is 0.174. The first-order valence-corrected chi connectivity index (χ1v) is 9.57. The van der Waals surface area contributed by atoms with Crippen LogP contribution in [0.25, 0.3) is 0 Å². The van der Waals surface area contributed by atoms with Crippen LogP contribution >= 0.6 is 0 Å². The van der Waals surface area contributed by atoms with Gasteiger partial charge in [0.1, 0.15) is 23.1 Å². The summed E-state index contributed by atoms with van der Waals surface area (Å²) in [6.07, 6.45) is 0.442. The van der Waals surface area contributed by atoms with Gasteiger partial charge in [-0.15, -0.1) is 0 Å². The van der Waals surface area contributed by atoms with Crippen LogP contribution in [-0.4, -0.2) is 19.4 Å². The quantitative estimate of drug-likeness (QED) is 0.612. The molecule has 6 nitrogen and oxygen atoms in total. The molecular weight excluding hydrogens is 387 g/mol. The maximum atomic E-state index is 13.8. The van der Waals surface area contributed by atoms with Gasteiger partial charge in [-0.05, 0) is 60.5 Å². The summed E-state index contributed by atoms with van der Waals surface area (Å²) >= 11 is 0. The largest absolute Gasteiger partial charge is 0.467 e. The molecule has 4 rings (SSSR count). The van der Waals surface area contributed by atoms with Crippen molar-refractivity contribution in [2.75, 3.05) is 18.7 Å². The summed E-state index contributed by atoms with van der Waals surface area (Å²) in [5.74, 6) is 1.71. The normalized spacial score (nSPS) is 12.4. The average Bonchev–Trinajstić information content (AvgIpc) is 2.76. The lowest BCUT2D eigenvalue weighted by Gasteiger charge is -2.21. The lowest BCUT2D eigenvalue weighted by atomic mass is 10.1. The van der Waals surface area contributed by atoms with E-state index < -0.39 is 0 Å². The highest BCUT2D eigenvalue weighted by Gasteiger charge is 2.17. The van der Waals surface area contributed by atoms with Gasteiger partial charge in [-0.2, -0.15) is 0 Å². The van der Waals surface area contributed by atoms with Gasteiger partial charge in [0.25, 0.3) is 0 Å².